The van der Waals surface area contributed by atoms with E-state index >= 15 is 0 Å². The molecule has 0 saturated carbocycles. The monoisotopic (exact) mass is 369 g/mol. The van der Waals surface area contributed by atoms with Crippen LogP contribution in [0.2, 0.25) is 0 Å². The number of benzene rings is 2. The van der Waals surface area contributed by atoms with Crippen LogP contribution in [0.1, 0.15) is 10.4 Å². The van der Waals surface area contributed by atoms with Gasteiger partial charge >= 0.3 is 0 Å². The highest BCUT2D eigenvalue weighted by molar-refractivity contribution is 6.08. The van der Waals surface area contributed by atoms with E-state index in [0.717, 1.165) is 18.8 Å². The molecule has 3 rings (SSSR count). The lowest BCUT2D eigenvalue weighted by Gasteiger charge is -2.30. The number of hydrogen-bond donors (Lipinski definition) is 2. The summed E-state index contributed by atoms with van der Waals surface area (Å²) in [6.45, 7) is 2.79. The van der Waals surface area contributed by atoms with Gasteiger partial charge in [0, 0.05) is 37.3 Å². The van der Waals surface area contributed by atoms with Crippen LogP contribution in [0.4, 0.5) is 17.1 Å². The van der Waals surface area contributed by atoms with Crippen molar-refractivity contribution in [3.8, 4) is 0 Å². The van der Waals surface area contributed by atoms with Crippen LogP contribution in [0.3, 0.4) is 0 Å². The molecule has 0 unspecified atom stereocenters. The summed E-state index contributed by atoms with van der Waals surface area (Å²) in [5.41, 5.74) is 2.69. The molecule has 0 spiro atoms. The Hall–Kier alpha value is -2.90. The first kappa shape index (κ1) is 18.9. The van der Waals surface area contributed by atoms with Crippen molar-refractivity contribution in [3.63, 3.8) is 0 Å². The van der Waals surface area contributed by atoms with Gasteiger partial charge in [0.05, 0.1) is 18.8 Å². The highest BCUT2D eigenvalue weighted by Gasteiger charge is 2.18. The average Bonchev–Trinajstić information content (AvgIpc) is 2.69. The molecule has 0 aromatic heterocycles. The molecule has 0 bridgehead atoms. The fraction of sp³-hybridized carbons (Fsp3) is 0.300. The molecule has 0 radical (unpaired) electrons. The SMILES string of the molecule is COCC(=O)Nc1cccc(NC(=O)c2ccccc2N2CCOCC2)c1. The molecule has 2 amide bonds. The quantitative estimate of drug-likeness (QED) is 0.817. The minimum Gasteiger partial charge on any atom is -0.378 e. The van der Waals surface area contributed by atoms with Gasteiger partial charge in [-0.15, -0.1) is 0 Å². The predicted molar refractivity (Wildman–Crippen MR) is 104 cm³/mol. The number of rotatable bonds is 6. The summed E-state index contributed by atoms with van der Waals surface area (Å²) in [6.07, 6.45) is 0. The second-order valence-corrected chi connectivity index (χ2v) is 6.13. The second kappa shape index (κ2) is 9.16. The largest absolute Gasteiger partial charge is 0.378 e. The van der Waals surface area contributed by atoms with Crippen LogP contribution in [0.15, 0.2) is 48.5 Å². The van der Waals surface area contributed by atoms with Crippen molar-refractivity contribution in [2.24, 2.45) is 0 Å². The topological polar surface area (TPSA) is 79.9 Å². The highest BCUT2D eigenvalue weighted by atomic mass is 16.5. The van der Waals surface area contributed by atoms with Gasteiger partial charge in [-0.1, -0.05) is 18.2 Å². The second-order valence-electron chi connectivity index (χ2n) is 6.13. The Kier molecular flexibility index (Phi) is 6.40. The highest BCUT2D eigenvalue weighted by Crippen LogP contribution is 2.23. The number of carbonyl (C=O) groups is 2. The maximum atomic E-state index is 12.8. The molecule has 142 valence electrons. The van der Waals surface area contributed by atoms with Gasteiger partial charge in [-0.3, -0.25) is 9.59 Å². The molecule has 2 aromatic rings. The molecule has 0 aliphatic carbocycles. The van der Waals surface area contributed by atoms with Gasteiger partial charge in [0.25, 0.3) is 5.91 Å². The lowest BCUT2D eigenvalue weighted by atomic mass is 10.1. The number of anilines is 3. The molecule has 0 atom stereocenters. The van der Waals surface area contributed by atoms with E-state index in [2.05, 4.69) is 15.5 Å². The number of nitrogens with zero attached hydrogens (tertiary/aromatic N) is 1. The third-order valence-corrected chi connectivity index (χ3v) is 4.18. The normalized spacial score (nSPS) is 13.9. The summed E-state index contributed by atoms with van der Waals surface area (Å²) in [7, 11) is 1.46. The van der Waals surface area contributed by atoms with Crippen molar-refractivity contribution in [3.05, 3.63) is 54.1 Å². The van der Waals surface area contributed by atoms with Crippen LogP contribution in [-0.2, 0) is 14.3 Å². The number of methoxy groups -OCH3 is 1. The van der Waals surface area contributed by atoms with Gasteiger partial charge < -0.3 is 25.0 Å². The summed E-state index contributed by atoms with van der Waals surface area (Å²) in [5.74, 6) is -0.448. The van der Waals surface area contributed by atoms with Gasteiger partial charge in [0.2, 0.25) is 5.91 Å². The minimum atomic E-state index is -0.251. The Morgan fingerprint density at radius 3 is 2.48 bits per heavy atom. The summed E-state index contributed by atoms with van der Waals surface area (Å²) in [6, 6.07) is 14.5. The van der Waals surface area contributed by atoms with Crippen LogP contribution >= 0.6 is 0 Å². The Morgan fingerprint density at radius 1 is 1.04 bits per heavy atom. The first-order chi connectivity index (χ1) is 13.2. The van der Waals surface area contributed by atoms with Gasteiger partial charge in [-0.25, -0.2) is 0 Å². The molecule has 7 heteroatoms. The maximum Gasteiger partial charge on any atom is 0.257 e. The standard InChI is InChI=1S/C20H23N3O4/c1-26-14-19(24)21-15-5-4-6-16(13-15)22-20(25)17-7-2-3-8-18(17)23-9-11-27-12-10-23/h2-8,13H,9-12,14H2,1H3,(H,21,24)(H,22,25). The van der Waals surface area contributed by atoms with Crippen LogP contribution in [0, 0.1) is 0 Å². The van der Waals surface area contributed by atoms with E-state index in [0.29, 0.717) is 30.2 Å². The lowest BCUT2D eigenvalue weighted by molar-refractivity contribution is -0.119. The smallest absolute Gasteiger partial charge is 0.257 e. The van der Waals surface area contributed by atoms with Crippen LogP contribution in [0.25, 0.3) is 0 Å². The third-order valence-electron chi connectivity index (χ3n) is 4.18. The molecule has 2 aromatic carbocycles. The summed E-state index contributed by atoms with van der Waals surface area (Å²) in [4.78, 5) is 26.6. The van der Waals surface area contributed by atoms with Gasteiger partial charge in [-0.2, -0.15) is 0 Å². The predicted octanol–water partition coefficient (Wildman–Crippen LogP) is 2.36. The van der Waals surface area contributed by atoms with Crippen molar-refractivity contribution < 1.29 is 19.1 Å². The van der Waals surface area contributed by atoms with Crippen LogP contribution < -0.4 is 15.5 Å². The van der Waals surface area contributed by atoms with E-state index in [1.807, 2.05) is 24.3 Å². The zero-order valence-corrected chi connectivity index (χ0v) is 15.2. The van der Waals surface area contributed by atoms with Gasteiger partial charge in [-0.05, 0) is 30.3 Å². The Labute approximate surface area is 158 Å². The van der Waals surface area contributed by atoms with Crippen LogP contribution in [-0.4, -0.2) is 51.8 Å². The molecular formula is C20H23N3O4. The van der Waals surface area contributed by atoms with E-state index in [9.17, 15) is 9.59 Å². The average molecular weight is 369 g/mol. The Balaban J connectivity index is 1.73. The molecule has 1 fully saturated rings. The fourth-order valence-electron chi connectivity index (χ4n) is 2.95. The van der Waals surface area contributed by atoms with E-state index in [4.69, 9.17) is 9.47 Å². The molecule has 2 N–H and O–H groups in total. The van der Waals surface area contributed by atoms with E-state index in [1.54, 1.807) is 24.3 Å². The molecular weight excluding hydrogens is 346 g/mol. The van der Waals surface area contributed by atoms with E-state index < -0.39 is 0 Å². The lowest BCUT2D eigenvalue weighted by Crippen LogP contribution is -2.37. The number of para-hydroxylation sites is 1. The fourth-order valence-corrected chi connectivity index (χ4v) is 2.95. The third kappa shape index (κ3) is 5.06. The maximum absolute atomic E-state index is 12.8. The minimum absolute atomic E-state index is 0.0243. The number of hydrogen-bond acceptors (Lipinski definition) is 5. The zero-order chi connectivity index (χ0) is 19.1. The Morgan fingerprint density at radius 2 is 1.74 bits per heavy atom. The first-order valence-corrected chi connectivity index (χ1v) is 8.79. The zero-order valence-electron chi connectivity index (χ0n) is 15.2. The molecule has 1 heterocycles. The summed E-state index contributed by atoms with van der Waals surface area (Å²) in [5, 5.41) is 5.63. The number of carbonyl (C=O) groups excluding carboxylic acids is 2. The van der Waals surface area contributed by atoms with Crippen molar-refractivity contribution >= 4 is 28.9 Å². The number of nitrogens with one attached hydrogen (secondary N) is 2. The van der Waals surface area contributed by atoms with Crippen molar-refractivity contribution in [2.45, 2.75) is 0 Å². The molecule has 1 aliphatic heterocycles. The van der Waals surface area contributed by atoms with E-state index in [-0.39, 0.29) is 18.4 Å². The van der Waals surface area contributed by atoms with Gasteiger partial charge in [0.1, 0.15) is 6.61 Å². The Bertz CT molecular complexity index is 803. The molecule has 7 nitrogen and oxygen atoms in total. The number of morpholine rings is 1. The molecule has 1 aliphatic rings. The van der Waals surface area contributed by atoms with Crippen molar-refractivity contribution in [1.82, 2.24) is 0 Å². The molecule has 27 heavy (non-hydrogen) atoms. The summed E-state index contributed by atoms with van der Waals surface area (Å²) < 4.78 is 10.2. The van der Waals surface area contributed by atoms with Gasteiger partial charge in [0.15, 0.2) is 0 Å². The van der Waals surface area contributed by atoms with E-state index in [1.165, 1.54) is 7.11 Å². The van der Waals surface area contributed by atoms with Crippen molar-refractivity contribution in [1.29, 1.82) is 0 Å². The van der Waals surface area contributed by atoms with Crippen LogP contribution in [0.5, 0.6) is 0 Å². The number of ether oxygens (including phenoxy) is 2. The van der Waals surface area contributed by atoms with Crippen molar-refractivity contribution in [2.75, 3.05) is 55.6 Å². The summed E-state index contributed by atoms with van der Waals surface area (Å²) >= 11 is 0. The number of amides is 2. The first-order valence-electron chi connectivity index (χ1n) is 8.79. The molecule has 1 saturated heterocycles.